The van der Waals surface area contributed by atoms with Gasteiger partial charge in [0.1, 0.15) is 17.2 Å². The summed E-state index contributed by atoms with van der Waals surface area (Å²) >= 11 is 1.48. The van der Waals surface area contributed by atoms with Crippen LogP contribution in [-0.4, -0.2) is 30.1 Å². The molecule has 3 aromatic rings. The molecule has 2 heterocycles. The van der Waals surface area contributed by atoms with E-state index in [2.05, 4.69) is 11.9 Å². The molecule has 0 spiro atoms. The van der Waals surface area contributed by atoms with Crippen molar-refractivity contribution in [2.75, 3.05) is 20.1 Å². The number of aliphatic hydroxyl groups is 1. The standard InChI is InChI=1S/C21H21F2NOS/c1-24-10-8-16(9-11-24)21(25,15-2-4-17(22)5-3-15)20-13-14-12-18(23)6-7-19(14)26-20/h2-7,12-13,16,25H,8-11H2,1H3. The van der Waals surface area contributed by atoms with Gasteiger partial charge in [-0.3, -0.25) is 0 Å². The Morgan fingerprint density at radius 1 is 1.00 bits per heavy atom. The molecule has 1 unspecified atom stereocenters. The first-order valence-electron chi connectivity index (χ1n) is 8.83. The van der Waals surface area contributed by atoms with Crippen molar-refractivity contribution in [3.8, 4) is 0 Å². The Hall–Kier alpha value is -1.82. The van der Waals surface area contributed by atoms with Crippen LogP contribution in [0.15, 0.2) is 48.5 Å². The van der Waals surface area contributed by atoms with Crippen LogP contribution >= 0.6 is 11.3 Å². The van der Waals surface area contributed by atoms with Gasteiger partial charge in [0.2, 0.25) is 0 Å². The van der Waals surface area contributed by atoms with E-state index in [1.807, 2.05) is 6.07 Å². The molecule has 26 heavy (non-hydrogen) atoms. The van der Waals surface area contributed by atoms with E-state index in [0.717, 1.165) is 40.9 Å². The number of benzene rings is 2. The molecule has 1 atom stereocenters. The van der Waals surface area contributed by atoms with Gasteiger partial charge in [-0.05, 0) is 86.2 Å². The number of hydrogen-bond acceptors (Lipinski definition) is 3. The van der Waals surface area contributed by atoms with Crippen molar-refractivity contribution in [3.63, 3.8) is 0 Å². The third-order valence-electron chi connectivity index (χ3n) is 5.45. The summed E-state index contributed by atoms with van der Waals surface area (Å²) in [5.74, 6) is -0.577. The molecular weight excluding hydrogens is 352 g/mol. The highest BCUT2D eigenvalue weighted by molar-refractivity contribution is 7.19. The molecule has 0 bridgehead atoms. The van der Waals surface area contributed by atoms with E-state index in [1.165, 1.54) is 35.6 Å². The minimum absolute atomic E-state index is 0.0297. The molecule has 4 rings (SSSR count). The van der Waals surface area contributed by atoms with Gasteiger partial charge in [-0.15, -0.1) is 11.3 Å². The average Bonchev–Trinajstić information content (AvgIpc) is 3.06. The highest BCUT2D eigenvalue weighted by Gasteiger charge is 2.42. The number of piperidine rings is 1. The van der Waals surface area contributed by atoms with Crippen LogP contribution in [0.25, 0.3) is 10.1 Å². The van der Waals surface area contributed by atoms with Gasteiger partial charge in [-0.1, -0.05) is 12.1 Å². The maximum absolute atomic E-state index is 13.6. The molecule has 1 aromatic heterocycles. The lowest BCUT2D eigenvalue weighted by Crippen LogP contribution is -2.42. The topological polar surface area (TPSA) is 23.5 Å². The van der Waals surface area contributed by atoms with E-state index >= 15 is 0 Å². The molecular formula is C21H21F2NOS. The van der Waals surface area contributed by atoms with Crippen molar-refractivity contribution in [1.29, 1.82) is 0 Å². The lowest BCUT2D eigenvalue weighted by atomic mass is 9.75. The largest absolute Gasteiger partial charge is 0.379 e. The molecule has 0 amide bonds. The van der Waals surface area contributed by atoms with Crippen molar-refractivity contribution in [2.45, 2.75) is 18.4 Å². The molecule has 5 heteroatoms. The van der Waals surface area contributed by atoms with Crippen LogP contribution in [0.3, 0.4) is 0 Å². The quantitative estimate of drug-likeness (QED) is 0.716. The Morgan fingerprint density at radius 3 is 2.35 bits per heavy atom. The molecule has 1 saturated heterocycles. The Kier molecular flexibility index (Phi) is 4.55. The van der Waals surface area contributed by atoms with Crippen LogP contribution in [0.5, 0.6) is 0 Å². The van der Waals surface area contributed by atoms with Crippen molar-refractivity contribution >= 4 is 21.4 Å². The second-order valence-corrected chi connectivity index (χ2v) is 8.23. The summed E-state index contributed by atoms with van der Waals surface area (Å²) in [5, 5.41) is 12.7. The van der Waals surface area contributed by atoms with Crippen molar-refractivity contribution in [1.82, 2.24) is 4.90 Å². The normalized spacial score (nSPS) is 18.9. The first-order chi connectivity index (χ1) is 12.5. The summed E-state index contributed by atoms with van der Waals surface area (Å²) in [7, 11) is 2.08. The van der Waals surface area contributed by atoms with Gasteiger partial charge in [0, 0.05) is 9.58 Å². The third kappa shape index (κ3) is 3.04. The summed E-state index contributed by atoms with van der Waals surface area (Å²) in [6.07, 6.45) is 1.71. The highest BCUT2D eigenvalue weighted by Crippen LogP contribution is 2.46. The predicted molar refractivity (Wildman–Crippen MR) is 101 cm³/mol. The first kappa shape index (κ1) is 17.6. The van der Waals surface area contributed by atoms with Crippen LogP contribution in [0.2, 0.25) is 0 Å². The Balaban J connectivity index is 1.84. The van der Waals surface area contributed by atoms with Crippen molar-refractivity contribution in [2.24, 2.45) is 5.92 Å². The van der Waals surface area contributed by atoms with Gasteiger partial charge < -0.3 is 10.0 Å². The minimum Gasteiger partial charge on any atom is -0.379 e. The van der Waals surface area contributed by atoms with Gasteiger partial charge in [0.15, 0.2) is 0 Å². The zero-order chi connectivity index (χ0) is 18.3. The Labute approximate surface area is 155 Å². The van der Waals surface area contributed by atoms with Crippen LogP contribution in [0.4, 0.5) is 8.78 Å². The van der Waals surface area contributed by atoms with Gasteiger partial charge >= 0.3 is 0 Å². The fourth-order valence-electron chi connectivity index (χ4n) is 3.91. The summed E-state index contributed by atoms with van der Waals surface area (Å²) < 4.78 is 28.0. The molecule has 1 fully saturated rings. The third-order valence-corrected chi connectivity index (χ3v) is 6.69. The predicted octanol–water partition coefficient (Wildman–Crippen LogP) is 4.76. The molecule has 2 aromatic carbocycles. The number of hydrogen-bond donors (Lipinski definition) is 1. The van der Waals surface area contributed by atoms with Gasteiger partial charge in [-0.25, -0.2) is 8.78 Å². The minimum atomic E-state index is -1.20. The van der Waals surface area contributed by atoms with Gasteiger partial charge in [0.05, 0.1) is 0 Å². The summed E-state index contributed by atoms with van der Waals surface area (Å²) in [5.41, 5.74) is -0.504. The summed E-state index contributed by atoms with van der Waals surface area (Å²) in [6.45, 7) is 1.82. The molecule has 0 aliphatic carbocycles. The molecule has 2 nitrogen and oxygen atoms in total. The van der Waals surface area contributed by atoms with Crippen molar-refractivity contribution < 1.29 is 13.9 Å². The summed E-state index contributed by atoms with van der Waals surface area (Å²) in [4.78, 5) is 3.04. The van der Waals surface area contributed by atoms with E-state index in [4.69, 9.17) is 0 Å². The smallest absolute Gasteiger partial charge is 0.127 e. The van der Waals surface area contributed by atoms with Crippen LogP contribution in [0, 0.1) is 17.6 Å². The molecule has 1 aliphatic rings. The van der Waals surface area contributed by atoms with E-state index < -0.39 is 5.60 Å². The monoisotopic (exact) mass is 373 g/mol. The highest BCUT2D eigenvalue weighted by atomic mass is 32.1. The second-order valence-electron chi connectivity index (χ2n) is 7.14. The number of halogens is 2. The van der Waals surface area contributed by atoms with Gasteiger partial charge in [0.25, 0.3) is 0 Å². The molecule has 1 aliphatic heterocycles. The number of likely N-dealkylation sites (tertiary alicyclic amines) is 1. The first-order valence-corrected chi connectivity index (χ1v) is 9.65. The van der Waals surface area contributed by atoms with E-state index in [9.17, 15) is 13.9 Å². The zero-order valence-electron chi connectivity index (χ0n) is 14.6. The lowest BCUT2D eigenvalue weighted by molar-refractivity contribution is -0.00793. The fraction of sp³-hybridized carbons (Fsp3) is 0.333. The van der Waals surface area contributed by atoms with E-state index in [0.29, 0.717) is 5.56 Å². The molecule has 1 N–H and O–H groups in total. The SMILES string of the molecule is CN1CCC(C(O)(c2ccc(F)cc2)c2cc3cc(F)ccc3s2)CC1. The number of nitrogens with zero attached hydrogens (tertiary/aromatic N) is 1. The fourth-order valence-corrected chi connectivity index (χ4v) is 5.15. The molecule has 0 radical (unpaired) electrons. The van der Waals surface area contributed by atoms with Gasteiger partial charge in [-0.2, -0.15) is 0 Å². The number of thiophene rings is 1. The number of fused-ring (bicyclic) bond motifs is 1. The molecule has 136 valence electrons. The Bertz CT molecular complexity index is 915. The van der Waals surface area contributed by atoms with Crippen LogP contribution in [0.1, 0.15) is 23.3 Å². The van der Waals surface area contributed by atoms with Crippen LogP contribution < -0.4 is 0 Å². The Morgan fingerprint density at radius 2 is 1.65 bits per heavy atom. The maximum Gasteiger partial charge on any atom is 0.127 e. The van der Waals surface area contributed by atoms with E-state index in [-0.39, 0.29) is 17.6 Å². The number of rotatable bonds is 3. The molecule has 0 saturated carbocycles. The lowest BCUT2D eigenvalue weighted by Gasteiger charge is -2.40. The maximum atomic E-state index is 13.6. The second kappa shape index (κ2) is 6.72. The van der Waals surface area contributed by atoms with Crippen LogP contribution in [-0.2, 0) is 5.60 Å². The zero-order valence-corrected chi connectivity index (χ0v) is 15.4. The summed E-state index contributed by atoms with van der Waals surface area (Å²) in [6, 6.07) is 12.7. The van der Waals surface area contributed by atoms with Crippen molar-refractivity contribution in [3.05, 3.63) is 70.6 Å². The van der Waals surface area contributed by atoms with E-state index in [1.54, 1.807) is 18.2 Å². The average molecular weight is 373 g/mol.